The van der Waals surface area contributed by atoms with Crippen molar-refractivity contribution in [1.82, 2.24) is 19.7 Å². The van der Waals surface area contributed by atoms with E-state index in [9.17, 15) is 14.7 Å². The smallest absolute Gasteiger partial charge is 0.356 e. The van der Waals surface area contributed by atoms with Crippen LogP contribution in [-0.2, 0) is 0 Å². The average molecular weight is 386 g/mol. The lowest BCUT2D eigenvalue weighted by Crippen LogP contribution is -2.17. The molecular formula is C18H16ClN5O3. The third-order valence-electron chi connectivity index (χ3n) is 3.84. The topological polar surface area (TPSA) is 110 Å². The Kier molecular flexibility index (Phi) is 4.91. The Balaban J connectivity index is 2.12. The Bertz CT molecular complexity index is 1040. The van der Waals surface area contributed by atoms with Crippen molar-refractivity contribution in [1.29, 1.82) is 0 Å². The predicted octanol–water partition coefficient (Wildman–Crippen LogP) is 3.19. The van der Waals surface area contributed by atoms with Gasteiger partial charge in [-0.15, -0.1) is 0 Å². The van der Waals surface area contributed by atoms with Crippen molar-refractivity contribution in [3.8, 4) is 5.82 Å². The van der Waals surface area contributed by atoms with Crippen molar-refractivity contribution in [2.24, 2.45) is 0 Å². The second-order valence-electron chi connectivity index (χ2n) is 5.89. The fourth-order valence-corrected chi connectivity index (χ4v) is 2.86. The molecule has 0 atom stereocenters. The summed E-state index contributed by atoms with van der Waals surface area (Å²) in [6.45, 7) is 5.07. The maximum Gasteiger partial charge on any atom is 0.356 e. The molecule has 0 unspecified atom stereocenters. The molecule has 3 aromatic rings. The molecule has 1 aromatic carbocycles. The van der Waals surface area contributed by atoms with Crippen LogP contribution in [0, 0.1) is 20.8 Å². The van der Waals surface area contributed by atoms with Crippen molar-refractivity contribution in [3.05, 3.63) is 63.7 Å². The molecular weight excluding hydrogens is 370 g/mol. The number of hydrogen-bond donors (Lipinski definition) is 2. The number of nitrogens with one attached hydrogen (secondary N) is 1. The van der Waals surface area contributed by atoms with E-state index in [1.165, 1.54) is 4.68 Å². The van der Waals surface area contributed by atoms with Gasteiger partial charge in [-0.05, 0) is 32.9 Å². The number of aromatic nitrogens is 4. The lowest BCUT2D eigenvalue weighted by molar-refractivity contribution is 0.0689. The molecule has 1 amide bonds. The van der Waals surface area contributed by atoms with Crippen molar-refractivity contribution in [2.45, 2.75) is 20.8 Å². The molecule has 0 aliphatic carbocycles. The van der Waals surface area contributed by atoms with Crippen molar-refractivity contribution in [3.63, 3.8) is 0 Å². The van der Waals surface area contributed by atoms with Gasteiger partial charge in [0.2, 0.25) is 0 Å². The van der Waals surface area contributed by atoms with E-state index >= 15 is 0 Å². The summed E-state index contributed by atoms with van der Waals surface area (Å²) in [6.07, 6.45) is 0. The molecule has 27 heavy (non-hydrogen) atoms. The number of rotatable bonds is 4. The van der Waals surface area contributed by atoms with Crippen LogP contribution < -0.4 is 5.32 Å². The Hall–Kier alpha value is -3.26. The van der Waals surface area contributed by atoms with Gasteiger partial charge in [-0.3, -0.25) is 4.79 Å². The minimum atomic E-state index is -1.21. The van der Waals surface area contributed by atoms with Gasteiger partial charge in [0.15, 0.2) is 11.5 Å². The SMILES string of the molecule is Cc1cc(-n2nc(C(=O)O)c(C)c2NC(=O)c2ccccc2Cl)nc(C)n1. The largest absolute Gasteiger partial charge is 0.476 e. The van der Waals surface area contributed by atoms with Gasteiger partial charge in [0.05, 0.1) is 10.6 Å². The standard InChI is InChI=1S/C18H16ClN5O3/c1-9-8-14(21-11(3)20-9)24-16(10(2)15(23-24)18(26)27)22-17(25)12-6-4-5-7-13(12)19/h4-8H,1-3H3,(H,22,25)(H,26,27). The number of anilines is 1. The van der Waals surface area contributed by atoms with E-state index in [0.29, 0.717) is 22.9 Å². The van der Waals surface area contributed by atoms with Crippen molar-refractivity contribution in [2.75, 3.05) is 5.32 Å². The summed E-state index contributed by atoms with van der Waals surface area (Å²) in [7, 11) is 0. The van der Waals surface area contributed by atoms with Gasteiger partial charge in [-0.25, -0.2) is 14.8 Å². The zero-order valence-corrected chi connectivity index (χ0v) is 15.6. The minimum Gasteiger partial charge on any atom is -0.476 e. The zero-order valence-electron chi connectivity index (χ0n) is 14.8. The first kappa shape index (κ1) is 18.5. The summed E-state index contributed by atoms with van der Waals surface area (Å²) in [5.41, 5.74) is 1.07. The van der Waals surface area contributed by atoms with Gasteiger partial charge < -0.3 is 10.4 Å². The van der Waals surface area contributed by atoms with E-state index in [0.717, 1.165) is 0 Å². The van der Waals surface area contributed by atoms with E-state index in [4.69, 9.17) is 11.6 Å². The zero-order chi connectivity index (χ0) is 19.7. The fraction of sp³-hybridized carbons (Fsp3) is 0.167. The summed E-state index contributed by atoms with van der Waals surface area (Å²) in [6, 6.07) is 8.22. The number of carboxylic acid groups (broad SMARTS) is 1. The molecule has 3 rings (SSSR count). The molecule has 2 aromatic heterocycles. The molecule has 0 bridgehead atoms. The fourth-order valence-electron chi connectivity index (χ4n) is 2.64. The molecule has 8 nitrogen and oxygen atoms in total. The van der Waals surface area contributed by atoms with Crippen molar-refractivity contribution < 1.29 is 14.7 Å². The maximum absolute atomic E-state index is 12.7. The van der Waals surface area contributed by atoms with Crippen LogP contribution in [0.4, 0.5) is 5.82 Å². The number of amides is 1. The molecule has 2 heterocycles. The number of carbonyl (C=O) groups is 2. The van der Waals surface area contributed by atoms with Crippen LogP contribution in [-0.4, -0.2) is 36.7 Å². The van der Waals surface area contributed by atoms with Gasteiger partial charge >= 0.3 is 5.97 Å². The Labute approximate surface area is 159 Å². The normalized spacial score (nSPS) is 10.7. The molecule has 0 saturated heterocycles. The Morgan fingerprint density at radius 1 is 1.15 bits per heavy atom. The van der Waals surface area contributed by atoms with Crippen LogP contribution in [0.5, 0.6) is 0 Å². The highest BCUT2D eigenvalue weighted by molar-refractivity contribution is 6.34. The van der Waals surface area contributed by atoms with Gasteiger partial charge in [0.25, 0.3) is 5.91 Å². The summed E-state index contributed by atoms with van der Waals surface area (Å²) in [5.74, 6) is -0.635. The first-order valence-electron chi connectivity index (χ1n) is 7.99. The molecule has 0 saturated carbocycles. The first-order chi connectivity index (χ1) is 12.8. The molecule has 0 spiro atoms. The third-order valence-corrected chi connectivity index (χ3v) is 4.17. The molecule has 0 radical (unpaired) electrons. The highest BCUT2D eigenvalue weighted by atomic mass is 35.5. The number of aromatic carboxylic acids is 1. The number of benzene rings is 1. The molecule has 9 heteroatoms. The highest BCUT2D eigenvalue weighted by Crippen LogP contribution is 2.25. The molecule has 0 fully saturated rings. The number of carboxylic acids is 1. The number of carbonyl (C=O) groups excluding carboxylic acids is 1. The molecule has 138 valence electrons. The van der Waals surface area contributed by atoms with E-state index in [1.54, 1.807) is 51.1 Å². The number of nitrogens with zero attached hydrogens (tertiary/aromatic N) is 4. The van der Waals surface area contributed by atoms with E-state index in [-0.39, 0.29) is 22.1 Å². The molecule has 2 N–H and O–H groups in total. The van der Waals surface area contributed by atoms with Crippen LogP contribution >= 0.6 is 11.6 Å². The van der Waals surface area contributed by atoms with Gasteiger partial charge in [0.1, 0.15) is 11.6 Å². The summed E-state index contributed by atoms with van der Waals surface area (Å²) in [4.78, 5) is 32.7. The average Bonchev–Trinajstić information content (AvgIpc) is 2.91. The third kappa shape index (κ3) is 3.65. The second kappa shape index (κ2) is 7.16. The highest BCUT2D eigenvalue weighted by Gasteiger charge is 2.23. The molecule has 0 aliphatic heterocycles. The maximum atomic E-state index is 12.7. The van der Waals surface area contributed by atoms with Crippen LogP contribution in [0.25, 0.3) is 5.82 Å². The van der Waals surface area contributed by atoms with Crippen LogP contribution in [0.15, 0.2) is 30.3 Å². The van der Waals surface area contributed by atoms with Gasteiger partial charge in [-0.1, -0.05) is 23.7 Å². The summed E-state index contributed by atoms with van der Waals surface area (Å²) in [5, 5.41) is 16.5. The number of hydrogen-bond acceptors (Lipinski definition) is 5. The van der Waals surface area contributed by atoms with E-state index in [2.05, 4.69) is 20.4 Å². The first-order valence-corrected chi connectivity index (χ1v) is 8.37. The van der Waals surface area contributed by atoms with E-state index in [1.807, 2.05) is 0 Å². The Morgan fingerprint density at radius 2 is 1.85 bits per heavy atom. The van der Waals surface area contributed by atoms with E-state index < -0.39 is 11.9 Å². The number of halogens is 1. The lowest BCUT2D eigenvalue weighted by Gasteiger charge is -2.11. The minimum absolute atomic E-state index is 0.182. The van der Waals surface area contributed by atoms with Crippen LogP contribution in [0.2, 0.25) is 5.02 Å². The van der Waals surface area contributed by atoms with Crippen LogP contribution in [0.3, 0.4) is 0 Å². The molecule has 0 aliphatic rings. The summed E-state index contributed by atoms with van der Waals surface area (Å²) < 4.78 is 1.29. The number of aryl methyl sites for hydroxylation is 2. The van der Waals surface area contributed by atoms with Gasteiger partial charge in [0, 0.05) is 17.3 Å². The van der Waals surface area contributed by atoms with Gasteiger partial charge in [-0.2, -0.15) is 9.78 Å². The lowest BCUT2D eigenvalue weighted by atomic mass is 10.2. The van der Waals surface area contributed by atoms with Crippen LogP contribution in [0.1, 0.15) is 37.9 Å². The predicted molar refractivity (Wildman–Crippen MR) is 99.7 cm³/mol. The monoisotopic (exact) mass is 385 g/mol. The van der Waals surface area contributed by atoms with Crippen molar-refractivity contribution >= 4 is 29.3 Å². The second-order valence-corrected chi connectivity index (χ2v) is 6.30. The Morgan fingerprint density at radius 3 is 2.48 bits per heavy atom. The summed E-state index contributed by atoms with van der Waals surface area (Å²) >= 11 is 6.08. The quantitative estimate of drug-likeness (QED) is 0.713.